The summed E-state index contributed by atoms with van der Waals surface area (Å²) in [5.41, 5.74) is 0.00902. The molecule has 0 aromatic rings. The first-order valence-corrected chi connectivity index (χ1v) is 5.99. The summed E-state index contributed by atoms with van der Waals surface area (Å²) < 4.78 is 0. The maximum atomic E-state index is 11.7. The van der Waals surface area contributed by atoms with Gasteiger partial charge in [-0.2, -0.15) is 0 Å². The van der Waals surface area contributed by atoms with Gasteiger partial charge >= 0.3 is 0 Å². The van der Waals surface area contributed by atoms with Crippen LogP contribution in [-0.2, 0) is 4.79 Å². The van der Waals surface area contributed by atoms with Crippen LogP contribution in [0.2, 0.25) is 0 Å². The summed E-state index contributed by atoms with van der Waals surface area (Å²) in [6.07, 6.45) is 5.92. The molecule has 1 saturated carbocycles. The van der Waals surface area contributed by atoms with Crippen LogP contribution >= 0.6 is 0 Å². The highest BCUT2D eigenvalue weighted by Gasteiger charge is 2.47. The van der Waals surface area contributed by atoms with Crippen molar-refractivity contribution in [2.45, 2.75) is 52.4 Å². The summed E-state index contributed by atoms with van der Waals surface area (Å²) in [7, 11) is 0. The lowest BCUT2D eigenvalue weighted by Crippen LogP contribution is -2.32. The summed E-state index contributed by atoms with van der Waals surface area (Å²) in [6.45, 7) is 4.92. The number of rotatable bonds is 5. The Balaban J connectivity index is 2.08. The zero-order valence-electron chi connectivity index (χ0n) is 9.86. The predicted molar refractivity (Wildman–Crippen MR) is 62.3 cm³/mol. The Bertz CT molecular complexity index is 268. The van der Waals surface area contributed by atoms with Gasteiger partial charge in [-0.3, -0.25) is 4.79 Å². The zero-order chi connectivity index (χ0) is 11.1. The molecule has 15 heavy (non-hydrogen) atoms. The van der Waals surface area contributed by atoms with Crippen LogP contribution in [0.5, 0.6) is 0 Å². The lowest BCUT2D eigenvalue weighted by atomic mass is 10.0. The molecule has 1 aliphatic rings. The van der Waals surface area contributed by atoms with E-state index >= 15 is 0 Å². The van der Waals surface area contributed by atoms with Gasteiger partial charge in [0.25, 0.3) is 0 Å². The van der Waals surface area contributed by atoms with E-state index in [2.05, 4.69) is 24.1 Å². The fraction of sp³-hybridized carbons (Fsp3) is 0.769. The third-order valence-corrected chi connectivity index (χ3v) is 3.08. The van der Waals surface area contributed by atoms with Gasteiger partial charge in [-0.05, 0) is 25.7 Å². The van der Waals surface area contributed by atoms with Crippen LogP contribution in [0.3, 0.4) is 0 Å². The fourth-order valence-electron chi connectivity index (χ4n) is 1.67. The molecule has 0 aromatic carbocycles. The van der Waals surface area contributed by atoms with Crippen molar-refractivity contribution in [3.05, 3.63) is 0 Å². The number of hydrogen-bond acceptors (Lipinski definition) is 1. The topological polar surface area (TPSA) is 29.1 Å². The molecule has 1 fully saturated rings. The summed E-state index contributed by atoms with van der Waals surface area (Å²) >= 11 is 0. The van der Waals surface area contributed by atoms with E-state index in [-0.39, 0.29) is 11.3 Å². The molecule has 0 radical (unpaired) electrons. The van der Waals surface area contributed by atoms with Gasteiger partial charge in [0.05, 0.1) is 0 Å². The lowest BCUT2D eigenvalue weighted by Gasteiger charge is -2.11. The van der Waals surface area contributed by atoms with E-state index in [1.165, 1.54) is 0 Å². The average molecular weight is 207 g/mol. The highest BCUT2D eigenvalue weighted by Crippen LogP contribution is 2.48. The molecular formula is C13H21NO. The fourth-order valence-corrected chi connectivity index (χ4v) is 1.67. The maximum Gasteiger partial charge on any atom is 0.226 e. The van der Waals surface area contributed by atoms with Crippen molar-refractivity contribution in [2.24, 2.45) is 5.41 Å². The number of unbranched alkanes of at least 4 members (excludes halogenated alkanes) is 1. The second-order valence-corrected chi connectivity index (χ2v) is 4.20. The van der Waals surface area contributed by atoms with Gasteiger partial charge in [0.15, 0.2) is 0 Å². The van der Waals surface area contributed by atoms with Gasteiger partial charge in [-0.15, -0.1) is 11.8 Å². The Kier molecular flexibility index (Phi) is 4.68. The van der Waals surface area contributed by atoms with E-state index in [4.69, 9.17) is 0 Å². The van der Waals surface area contributed by atoms with E-state index in [9.17, 15) is 4.79 Å². The average Bonchev–Trinajstić information content (AvgIpc) is 3.03. The molecule has 0 unspecified atom stereocenters. The number of carbonyl (C=O) groups excluding carboxylic acids is 1. The summed E-state index contributed by atoms with van der Waals surface area (Å²) in [6, 6.07) is 0. The molecule has 0 saturated heterocycles. The van der Waals surface area contributed by atoms with E-state index in [1.54, 1.807) is 0 Å². The van der Waals surface area contributed by atoms with Crippen LogP contribution in [0.15, 0.2) is 0 Å². The van der Waals surface area contributed by atoms with Crippen LogP contribution in [-0.4, -0.2) is 12.5 Å². The van der Waals surface area contributed by atoms with Crippen molar-refractivity contribution < 1.29 is 4.79 Å². The van der Waals surface area contributed by atoms with Gasteiger partial charge in [0.1, 0.15) is 0 Å². The third kappa shape index (κ3) is 3.58. The lowest BCUT2D eigenvalue weighted by molar-refractivity contribution is -0.126. The Hall–Kier alpha value is -0.970. The van der Waals surface area contributed by atoms with Crippen molar-refractivity contribution in [1.82, 2.24) is 5.32 Å². The highest BCUT2D eigenvalue weighted by molar-refractivity contribution is 5.85. The molecular weight excluding hydrogens is 186 g/mol. The monoisotopic (exact) mass is 207 g/mol. The number of carbonyl (C=O) groups is 1. The van der Waals surface area contributed by atoms with Crippen molar-refractivity contribution in [3.8, 4) is 11.8 Å². The normalized spacial score (nSPS) is 16.4. The summed E-state index contributed by atoms with van der Waals surface area (Å²) in [4.78, 5) is 11.7. The molecule has 2 heteroatoms. The maximum absolute atomic E-state index is 11.7. The van der Waals surface area contributed by atoms with Gasteiger partial charge in [0.2, 0.25) is 5.91 Å². The standard InChI is InChI=1S/C13H21NO/c1-3-5-6-7-8-11-14-12(15)13(4-2)9-10-13/h3-4,7-11H2,1-2H3,(H,14,15). The second-order valence-electron chi connectivity index (χ2n) is 4.20. The smallest absolute Gasteiger partial charge is 0.226 e. The molecule has 1 N–H and O–H groups in total. The molecule has 2 nitrogen and oxygen atoms in total. The highest BCUT2D eigenvalue weighted by atomic mass is 16.2. The van der Waals surface area contributed by atoms with Crippen LogP contribution in [0.25, 0.3) is 0 Å². The molecule has 0 aliphatic heterocycles. The van der Waals surface area contributed by atoms with E-state index in [1.807, 2.05) is 6.92 Å². The quantitative estimate of drug-likeness (QED) is 0.544. The molecule has 0 bridgehead atoms. The molecule has 0 spiro atoms. The van der Waals surface area contributed by atoms with E-state index in [0.29, 0.717) is 0 Å². The van der Waals surface area contributed by atoms with E-state index in [0.717, 1.165) is 45.1 Å². The first-order chi connectivity index (χ1) is 7.25. The van der Waals surface area contributed by atoms with Gasteiger partial charge in [0, 0.05) is 24.8 Å². The first-order valence-electron chi connectivity index (χ1n) is 5.99. The molecule has 0 heterocycles. The molecule has 0 atom stereocenters. The number of amides is 1. The van der Waals surface area contributed by atoms with Crippen LogP contribution in [0.4, 0.5) is 0 Å². The predicted octanol–water partition coefficient (Wildman–Crippen LogP) is 2.49. The van der Waals surface area contributed by atoms with Crippen molar-refractivity contribution in [1.29, 1.82) is 0 Å². The Labute approximate surface area is 92.8 Å². The zero-order valence-corrected chi connectivity index (χ0v) is 9.86. The van der Waals surface area contributed by atoms with Gasteiger partial charge in [-0.1, -0.05) is 13.8 Å². The number of nitrogens with one attached hydrogen (secondary N) is 1. The summed E-state index contributed by atoms with van der Waals surface area (Å²) in [5, 5.41) is 3.01. The minimum atomic E-state index is 0.00902. The van der Waals surface area contributed by atoms with Crippen LogP contribution in [0, 0.1) is 17.3 Å². The van der Waals surface area contributed by atoms with Crippen molar-refractivity contribution in [3.63, 3.8) is 0 Å². The van der Waals surface area contributed by atoms with E-state index < -0.39 is 0 Å². The second kappa shape index (κ2) is 5.80. The molecule has 84 valence electrons. The summed E-state index contributed by atoms with van der Waals surface area (Å²) in [5.74, 6) is 6.36. The largest absolute Gasteiger partial charge is 0.356 e. The molecule has 1 aliphatic carbocycles. The first kappa shape index (κ1) is 12.1. The third-order valence-electron chi connectivity index (χ3n) is 3.08. The van der Waals surface area contributed by atoms with Crippen molar-refractivity contribution in [2.75, 3.05) is 6.54 Å². The van der Waals surface area contributed by atoms with Crippen molar-refractivity contribution >= 4 is 5.91 Å². The molecule has 0 aromatic heterocycles. The Morgan fingerprint density at radius 1 is 1.33 bits per heavy atom. The molecule has 1 amide bonds. The SMILES string of the molecule is CCC#CCCCNC(=O)C1(CC)CC1. The Morgan fingerprint density at radius 3 is 2.60 bits per heavy atom. The minimum Gasteiger partial charge on any atom is -0.356 e. The Morgan fingerprint density at radius 2 is 2.07 bits per heavy atom. The van der Waals surface area contributed by atoms with Crippen LogP contribution in [0.1, 0.15) is 52.4 Å². The minimum absolute atomic E-state index is 0.00902. The van der Waals surface area contributed by atoms with Crippen LogP contribution < -0.4 is 5.32 Å². The molecule has 1 rings (SSSR count). The van der Waals surface area contributed by atoms with Gasteiger partial charge < -0.3 is 5.32 Å². The number of hydrogen-bond donors (Lipinski definition) is 1. The van der Waals surface area contributed by atoms with Gasteiger partial charge in [-0.25, -0.2) is 0 Å².